The van der Waals surface area contributed by atoms with Gasteiger partial charge >= 0.3 is 0 Å². The molecule has 0 aliphatic carbocycles. The number of anilines is 1. The standard InChI is InChI=1S/C23H24ClN5O2S/c1-4-11-29-21(16(3)25-22(31)17-8-6-9-18(24)13-17)27-28-23(29)32-14-20(30)26-19-10-5-7-15(2)12-19/h4-10,12-13,16H,1,11,14H2,2-3H3,(H,25,31)(H,26,30). The maximum Gasteiger partial charge on any atom is 0.251 e. The fraction of sp³-hybridized carbons (Fsp3) is 0.217. The summed E-state index contributed by atoms with van der Waals surface area (Å²) in [6.07, 6.45) is 1.72. The van der Waals surface area contributed by atoms with E-state index in [1.165, 1.54) is 11.8 Å². The van der Waals surface area contributed by atoms with Crippen LogP contribution in [0.3, 0.4) is 0 Å². The van der Waals surface area contributed by atoms with Gasteiger partial charge in [-0.15, -0.1) is 16.8 Å². The van der Waals surface area contributed by atoms with E-state index >= 15 is 0 Å². The lowest BCUT2D eigenvalue weighted by atomic mass is 10.2. The number of hydrogen-bond donors (Lipinski definition) is 2. The van der Waals surface area contributed by atoms with Crippen molar-refractivity contribution in [2.24, 2.45) is 0 Å². The Morgan fingerprint density at radius 1 is 1.22 bits per heavy atom. The van der Waals surface area contributed by atoms with Gasteiger partial charge in [-0.2, -0.15) is 0 Å². The van der Waals surface area contributed by atoms with Gasteiger partial charge in [-0.3, -0.25) is 9.59 Å². The van der Waals surface area contributed by atoms with Crippen molar-refractivity contribution in [3.63, 3.8) is 0 Å². The van der Waals surface area contributed by atoms with E-state index in [0.29, 0.717) is 28.1 Å². The molecular formula is C23H24ClN5O2S. The van der Waals surface area contributed by atoms with E-state index in [2.05, 4.69) is 27.4 Å². The highest BCUT2D eigenvalue weighted by atomic mass is 35.5. The zero-order valence-corrected chi connectivity index (χ0v) is 19.4. The second-order valence-electron chi connectivity index (χ2n) is 7.15. The molecular weight excluding hydrogens is 446 g/mol. The number of benzene rings is 2. The highest BCUT2D eigenvalue weighted by molar-refractivity contribution is 7.99. The number of allylic oxidation sites excluding steroid dienone is 1. The first kappa shape index (κ1) is 23.6. The molecule has 0 saturated carbocycles. The lowest BCUT2D eigenvalue weighted by Crippen LogP contribution is -2.28. The fourth-order valence-electron chi connectivity index (χ4n) is 3.05. The Bertz CT molecular complexity index is 1130. The second-order valence-corrected chi connectivity index (χ2v) is 8.53. The van der Waals surface area contributed by atoms with Crippen LogP contribution in [0, 0.1) is 6.92 Å². The molecule has 2 aromatic carbocycles. The predicted octanol–water partition coefficient (Wildman–Crippen LogP) is 4.65. The Labute approximate surface area is 196 Å². The van der Waals surface area contributed by atoms with Gasteiger partial charge in [0.25, 0.3) is 5.91 Å². The third-order valence-corrected chi connectivity index (χ3v) is 5.71. The van der Waals surface area contributed by atoms with Crippen molar-refractivity contribution in [1.82, 2.24) is 20.1 Å². The van der Waals surface area contributed by atoms with E-state index in [1.807, 2.05) is 42.7 Å². The number of aryl methyl sites for hydroxylation is 1. The molecule has 0 fully saturated rings. The molecule has 0 saturated heterocycles. The van der Waals surface area contributed by atoms with Crippen molar-refractivity contribution in [3.05, 3.63) is 83.2 Å². The molecule has 2 amide bonds. The number of hydrogen-bond acceptors (Lipinski definition) is 5. The molecule has 0 aliphatic heterocycles. The van der Waals surface area contributed by atoms with Crippen LogP contribution in [0.25, 0.3) is 0 Å². The van der Waals surface area contributed by atoms with Crippen molar-refractivity contribution >= 4 is 40.9 Å². The molecule has 7 nitrogen and oxygen atoms in total. The Balaban J connectivity index is 1.66. The van der Waals surface area contributed by atoms with Crippen LogP contribution in [-0.4, -0.2) is 32.3 Å². The second kappa shape index (κ2) is 11.0. The van der Waals surface area contributed by atoms with Gasteiger partial charge in [0.2, 0.25) is 5.91 Å². The van der Waals surface area contributed by atoms with Crippen LogP contribution < -0.4 is 10.6 Å². The van der Waals surface area contributed by atoms with Crippen LogP contribution in [-0.2, 0) is 11.3 Å². The number of amides is 2. The maximum atomic E-state index is 12.6. The Morgan fingerprint density at radius 3 is 2.72 bits per heavy atom. The SMILES string of the molecule is C=CCn1c(SCC(=O)Nc2cccc(C)c2)nnc1C(C)NC(=O)c1cccc(Cl)c1. The molecule has 2 N–H and O–H groups in total. The molecule has 9 heteroatoms. The van der Waals surface area contributed by atoms with Crippen molar-refractivity contribution in [3.8, 4) is 0 Å². The van der Waals surface area contributed by atoms with Crippen LogP contribution >= 0.6 is 23.4 Å². The van der Waals surface area contributed by atoms with Gasteiger partial charge in [0.05, 0.1) is 11.8 Å². The molecule has 166 valence electrons. The molecule has 0 aliphatic rings. The average Bonchev–Trinajstić information content (AvgIpc) is 3.15. The van der Waals surface area contributed by atoms with E-state index in [4.69, 9.17) is 11.6 Å². The van der Waals surface area contributed by atoms with E-state index in [0.717, 1.165) is 11.3 Å². The van der Waals surface area contributed by atoms with Crippen molar-refractivity contribution < 1.29 is 9.59 Å². The summed E-state index contributed by atoms with van der Waals surface area (Å²) in [7, 11) is 0. The lowest BCUT2D eigenvalue weighted by molar-refractivity contribution is -0.113. The van der Waals surface area contributed by atoms with E-state index in [9.17, 15) is 9.59 Å². The minimum Gasteiger partial charge on any atom is -0.342 e. The highest BCUT2D eigenvalue weighted by Gasteiger charge is 2.20. The summed E-state index contributed by atoms with van der Waals surface area (Å²) in [6, 6.07) is 13.9. The monoisotopic (exact) mass is 469 g/mol. The van der Waals surface area contributed by atoms with Crippen LogP contribution in [0.4, 0.5) is 5.69 Å². The Kier molecular flexibility index (Phi) is 8.08. The van der Waals surface area contributed by atoms with Gasteiger partial charge in [-0.1, -0.05) is 47.6 Å². The number of aromatic nitrogens is 3. The first-order chi connectivity index (χ1) is 15.4. The van der Waals surface area contributed by atoms with Gasteiger partial charge in [-0.25, -0.2) is 0 Å². The van der Waals surface area contributed by atoms with Gasteiger partial charge in [0.1, 0.15) is 0 Å². The van der Waals surface area contributed by atoms with E-state index in [-0.39, 0.29) is 17.6 Å². The van der Waals surface area contributed by atoms with Gasteiger partial charge in [0, 0.05) is 22.8 Å². The summed E-state index contributed by atoms with van der Waals surface area (Å²) in [6.45, 7) is 8.03. The number of rotatable bonds is 9. The quantitative estimate of drug-likeness (QED) is 0.352. The zero-order valence-electron chi connectivity index (χ0n) is 17.8. The summed E-state index contributed by atoms with van der Waals surface area (Å²) in [5.74, 6) is 0.339. The maximum absolute atomic E-state index is 12.6. The largest absolute Gasteiger partial charge is 0.342 e. The molecule has 3 aromatic rings. The van der Waals surface area contributed by atoms with Gasteiger partial charge in [0.15, 0.2) is 11.0 Å². The van der Waals surface area contributed by atoms with Crippen LogP contribution in [0.2, 0.25) is 5.02 Å². The number of thioether (sulfide) groups is 1. The zero-order chi connectivity index (χ0) is 23.1. The molecule has 1 unspecified atom stereocenters. The van der Waals surface area contributed by atoms with Gasteiger partial charge in [-0.05, 0) is 49.7 Å². The number of nitrogens with one attached hydrogen (secondary N) is 2. The predicted molar refractivity (Wildman–Crippen MR) is 128 cm³/mol. The molecule has 1 atom stereocenters. The van der Waals surface area contributed by atoms with Crippen LogP contribution in [0.15, 0.2) is 66.3 Å². The Hall–Kier alpha value is -3.10. The van der Waals surface area contributed by atoms with Crippen molar-refractivity contribution in [2.45, 2.75) is 31.6 Å². The number of carbonyl (C=O) groups excluding carboxylic acids is 2. The summed E-state index contributed by atoms with van der Waals surface area (Å²) in [5.41, 5.74) is 2.28. The molecule has 0 bridgehead atoms. The smallest absolute Gasteiger partial charge is 0.251 e. The molecule has 0 radical (unpaired) electrons. The van der Waals surface area contributed by atoms with Crippen LogP contribution in [0.5, 0.6) is 0 Å². The normalized spacial score (nSPS) is 11.6. The Morgan fingerprint density at radius 2 is 2.00 bits per heavy atom. The first-order valence-corrected chi connectivity index (χ1v) is 11.3. The third-order valence-electron chi connectivity index (χ3n) is 4.51. The minimum atomic E-state index is -0.413. The van der Waals surface area contributed by atoms with Crippen LogP contribution in [0.1, 0.15) is 34.7 Å². The molecule has 1 heterocycles. The van der Waals surface area contributed by atoms with Gasteiger partial charge < -0.3 is 15.2 Å². The topological polar surface area (TPSA) is 88.9 Å². The summed E-state index contributed by atoms with van der Waals surface area (Å²) < 4.78 is 1.83. The molecule has 0 spiro atoms. The molecule has 1 aromatic heterocycles. The number of halogens is 1. The minimum absolute atomic E-state index is 0.141. The fourth-order valence-corrected chi connectivity index (χ4v) is 4.00. The number of carbonyl (C=O) groups is 2. The summed E-state index contributed by atoms with van der Waals surface area (Å²) >= 11 is 7.25. The highest BCUT2D eigenvalue weighted by Crippen LogP contribution is 2.22. The number of nitrogens with zero attached hydrogens (tertiary/aromatic N) is 3. The third kappa shape index (κ3) is 6.21. The first-order valence-electron chi connectivity index (χ1n) is 9.97. The molecule has 32 heavy (non-hydrogen) atoms. The summed E-state index contributed by atoms with van der Waals surface area (Å²) in [5, 5.41) is 15.3. The van der Waals surface area contributed by atoms with E-state index < -0.39 is 6.04 Å². The van der Waals surface area contributed by atoms with Crippen molar-refractivity contribution in [1.29, 1.82) is 0 Å². The average molecular weight is 470 g/mol. The van der Waals surface area contributed by atoms with Crippen molar-refractivity contribution in [2.75, 3.05) is 11.1 Å². The summed E-state index contributed by atoms with van der Waals surface area (Å²) in [4.78, 5) is 24.9. The lowest BCUT2D eigenvalue weighted by Gasteiger charge is -2.15. The van der Waals surface area contributed by atoms with E-state index in [1.54, 1.807) is 30.3 Å². The molecule has 3 rings (SSSR count).